The van der Waals surface area contributed by atoms with E-state index in [-0.39, 0.29) is 11.8 Å². The van der Waals surface area contributed by atoms with Crippen molar-refractivity contribution in [3.63, 3.8) is 0 Å². The number of nitrogens with two attached hydrogens (primary N) is 1. The molecular weight excluding hydrogens is 424 g/mol. The van der Waals surface area contributed by atoms with Gasteiger partial charge in [-0.1, -0.05) is 11.6 Å². The summed E-state index contributed by atoms with van der Waals surface area (Å²) >= 11 is 9.50. The van der Waals surface area contributed by atoms with Gasteiger partial charge in [0.15, 0.2) is 0 Å². The first-order chi connectivity index (χ1) is 14.1. The normalized spacial score (nSPS) is 18.5. The summed E-state index contributed by atoms with van der Waals surface area (Å²) in [5.41, 5.74) is 6.98. The van der Waals surface area contributed by atoms with Crippen molar-refractivity contribution in [3.8, 4) is 0 Å². The average Bonchev–Trinajstić information content (AvgIpc) is 3.42. The van der Waals surface area contributed by atoms with Gasteiger partial charge in [0, 0.05) is 27.9 Å². The Kier molecular flexibility index (Phi) is 5.14. The van der Waals surface area contributed by atoms with Crippen molar-refractivity contribution in [2.24, 2.45) is 11.7 Å². The number of thiophene rings is 1. The molecule has 8 heteroatoms. The molecule has 5 rings (SSSR count). The highest BCUT2D eigenvalue weighted by atomic mass is 35.5. The van der Waals surface area contributed by atoms with E-state index in [1.165, 1.54) is 22.2 Å². The van der Waals surface area contributed by atoms with Crippen LogP contribution in [0.15, 0.2) is 29.2 Å². The standard InChI is InChI=1S/C21H21ClN4OS2/c22-13-4-6-14(7-5-13)28-11-17-24-20(26-9-8-12(10-26)19(23)27)18-15-2-1-3-16(15)29-21(18)25-17/h4-7,12H,1-3,8-11H2,(H2,23,27). The molecule has 0 bridgehead atoms. The summed E-state index contributed by atoms with van der Waals surface area (Å²) < 4.78 is 0. The Bertz CT molecular complexity index is 1080. The number of amides is 1. The molecule has 1 aliphatic heterocycles. The maximum Gasteiger partial charge on any atom is 0.222 e. The van der Waals surface area contributed by atoms with Crippen molar-refractivity contribution in [2.45, 2.75) is 36.3 Å². The Hall–Kier alpha value is -1.83. The van der Waals surface area contributed by atoms with Crippen LogP contribution in [0.3, 0.4) is 0 Å². The van der Waals surface area contributed by atoms with Crippen LogP contribution in [0.4, 0.5) is 5.82 Å². The third kappa shape index (κ3) is 3.71. The van der Waals surface area contributed by atoms with Gasteiger partial charge in [-0.25, -0.2) is 9.97 Å². The first-order valence-electron chi connectivity index (χ1n) is 9.82. The largest absolute Gasteiger partial charge is 0.369 e. The van der Waals surface area contributed by atoms with Crippen molar-refractivity contribution in [2.75, 3.05) is 18.0 Å². The molecule has 1 aliphatic carbocycles. The molecule has 29 heavy (non-hydrogen) atoms. The lowest BCUT2D eigenvalue weighted by molar-refractivity contribution is -0.121. The summed E-state index contributed by atoms with van der Waals surface area (Å²) in [4.78, 5) is 27.5. The summed E-state index contributed by atoms with van der Waals surface area (Å²) in [6.45, 7) is 1.46. The molecule has 0 spiro atoms. The van der Waals surface area contributed by atoms with Crippen LogP contribution < -0.4 is 10.6 Å². The molecule has 2 aromatic heterocycles. The number of carbonyl (C=O) groups is 1. The zero-order chi connectivity index (χ0) is 20.0. The van der Waals surface area contributed by atoms with Crippen LogP contribution in [-0.4, -0.2) is 29.0 Å². The van der Waals surface area contributed by atoms with E-state index in [0.29, 0.717) is 12.3 Å². The second kappa shape index (κ2) is 7.78. The van der Waals surface area contributed by atoms with Crippen LogP contribution in [-0.2, 0) is 23.4 Å². The highest BCUT2D eigenvalue weighted by Gasteiger charge is 2.31. The topological polar surface area (TPSA) is 72.1 Å². The summed E-state index contributed by atoms with van der Waals surface area (Å²) in [5, 5.41) is 1.94. The summed E-state index contributed by atoms with van der Waals surface area (Å²) in [6, 6.07) is 7.84. The van der Waals surface area contributed by atoms with Gasteiger partial charge in [0.05, 0.1) is 17.1 Å². The third-order valence-corrected chi connectivity index (χ3v) is 8.11. The molecule has 0 saturated carbocycles. The van der Waals surface area contributed by atoms with E-state index >= 15 is 0 Å². The molecular formula is C21H21ClN4OS2. The van der Waals surface area contributed by atoms with Crippen LogP contribution in [0.1, 0.15) is 29.1 Å². The lowest BCUT2D eigenvalue weighted by Gasteiger charge is -2.19. The molecule has 150 valence electrons. The molecule has 1 amide bonds. The predicted octanol–water partition coefficient (Wildman–Crippen LogP) is 4.44. The minimum Gasteiger partial charge on any atom is -0.369 e. The quantitative estimate of drug-likeness (QED) is 0.589. The Morgan fingerprint density at radius 3 is 2.86 bits per heavy atom. The van der Waals surface area contributed by atoms with Crippen LogP contribution in [0.2, 0.25) is 5.02 Å². The molecule has 1 atom stereocenters. The fourth-order valence-electron chi connectivity index (χ4n) is 4.18. The lowest BCUT2D eigenvalue weighted by Crippen LogP contribution is -2.28. The highest BCUT2D eigenvalue weighted by molar-refractivity contribution is 7.98. The van der Waals surface area contributed by atoms with Crippen LogP contribution >= 0.6 is 34.7 Å². The fourth-order valence-corrected chi connectivity index (χ4v) is 6.33. The van der Waals surface area contributed by atoms with Gasteiger partial charge in [-0.05, 0) is 55.5 Å². The summed E-state index contributed by atoms with van der Waals surface area (Å²) in [5.74, 6) is 2.20. The van der Waals surface area contributed by atoms with E-state index in [0.717, 1.165) is 52.2 Å². The van der Waals surface area contributed by atoms with Gasteiger partial charge in [-0.3, -0.25) is 4.79 Å². The van der Waals surface area contributed by atoms with Gasteiger partial charge in [0.1, 0.15) is 16.5 Å². The Morgan fingerprint density at radius 2 is 2.10 bits per heavy atom. The number of halogens is 1. The van der Waals surface area contributed by atoms with Crippen LogP contribution in [0, 0.1) is 5.92 Å². The molecule has 0 radical (unpaired) electrons. The Labute approximate surface area is 182 Å². The first kappa shape index (κ1) is 19.2. The Balaban J connectivity index is 1.49. The third-order valence-electron chi connectivity index (χ3n) is 5.66. The molecule has 3 aromatic rings. The van der Waals surface area contributed by atoms with Crippen molar-refractivity contribution in [1.29, 1.82) is 0 Å². The van der Waals surface area contributed by atoms with Gasteiger partial charge in [0.2, 0.25) is 5.91 Å². The number of benzene rings is 1. The lowest BCUT2D eigenvalue weighted by atomic mass is 10.1. The van der Waals surface area contributed by atoms with Crippen LogP contribution in [0.5, 0.6) is 0 Å². The van der Waals surface area contributed by atoms with Gasteiger partial charge in [0.25, 0.3) is 0 Å². The maximum atomic E-state index is 11.7. The number of anilines is 1. The summed E-state index contributed by atoms with van der Waals surface area (Å²) in [7, 11) is 0. The SMILES string of the molecule is NC(=O)C1CCN(c2nc(CSc3ccc(Cl)cc3)nc3sc4c(c23)CCC4)C1. The second-order valence-electron chi connectivity index (χ2n) is 7.58. The number of nitrogens with zero attached hydrogens (tertiary/aromatic N) is 3. The van der Waals surface area contributed by atoms with Gasteiger partial charge >= 0.3 is 0 Å². The molecule has 5 nitrogen and oxygen atoms in total. The molecule has 2 N–H and O–H groups in total. The molecule has 1 unspecified atom stereocenters. The maximum absolute atomic E-state index is 11.7. The molecule has 1 saturated heterocycles. The smallest absolute Gasteiger partial charge is 0.222 e. The van der Waals surface area contributed by atoms with Crippen molar-refractivity contribution >= 4 is 56.6 Å². The number of aromatic nitrogens is 2. The number of rotatable bonds is 5. The van der Waals surface area contributed by atoms with Crippen molar-refractivity contribution in [1.82, 2.24) is 9.97 Å². The van der Waals surface area contributed by atoms with E-state index in [4.69, 9.17) is 27.3 Å². The zero-order valence-corrected chi connectivity index (χ0v) is 18.2. The average molecular weight is 445 g/mol. The van der Waals surface area contributed by atoms with Gasteiger partial charge < -0.3 is 10.6 Å². The van der Waals surface area contributed by atoms with E-state index < -0.39 is 0 Å². The predicted molar refractivity (Wildman–Crippen MR) is 120 cm³/mol. The van der Waals surface area contributed by atoms with E-state index in [9.17, 15) is 4.79 Å². The van der Waals surface area contributed by atoms with Crippen molar-refractivity contribution in [3.05, 3.63) is 45.6 Å². The number of carbonyl (C=O) groups excluding carboxylic acids is 1. The number of primary amides is 1. The van der Waals surface area contributed by atoms with E-state index in [2.05, 4.69) is 4.90 Å². The van der Waals surface area contributed by atoms with Gasteiger partial charge in [-0.2, -0.15) is 0 Å². The highest BCUT2D eigenvalue weighted by Crippen LogP contribution is 2.42. The molecule has 1 fully saturated rings. The minimum absolute atomic E-state index is 0.0985. The number of hydrogen-bond donors (Lipinski definition) is 1. The monoisotopic (exact) mass is 444 g/mol. The number of hydrogen-bond acceptors (Lipinski definition) is 6. The van der Waals surface area contributed by atoms with Crippen LogP contribution in [0.25, 0.3) is 10.2 Å². The summed E-state index contributed by atoms with van der Waals surface area (Å²) in [6.07, 6.45) is 4.23. The minimum atomic E-state index is -0.216. The number of fused-ring (bicyclic) bond motifs is 3. The second-order valence-corrected chi connectivity index (χ2v) is 10.1. The Morgan fingerprint density at radius 1 is 1.28 bits per heavy atom. The van der Waals surface area contributed by atoms with E-state index in [1.807, 2.05) is 35.6 Å². The molecule has 2 aliphatic rings. The molecule has 1 aromatic carbocycles. The molecule has 3 heterocycles. The number of thioether (sulfide) groups is 1. The van der Waals surface area contributed by atoms with Gasteiger partial charge in [-0.15, -0.1) is 23.1 Å². The first-order valence-corrected chi connectivity index (χ1v) is 12.0. The van der Waals surface area contributed by atoms with Crippen molar-refractivity contribution < 1.29 is 4.79 Å². The van der Waals surface area contributed by atoms with E-state index in [1.54, 1.807) is 11.8 Å². The fraction of sp³-hybridized carbons (Fsp3) is 0.381. The zero-order valence-electron chi connectivity index (χ0n) is 15.9. The number of aryl methyl sites for hydroxylation is 2.